The van der Waals surface area contributed by atoms with E-state index in [0.717, 1.165) is 0 Å². The standard InChI is InChI=1S/C10H19NO4S/c1-4-15-9(12)7-10(11(2)3)5-6-16(13,14)8-10/h4-8H2,1-3H3. The molecule has 1 heterocycles. The molecule has 1 saturated heterocycles. The molecule has 6 heteroatoms. The second kappa shape index (κ2) is 4.71. The van der Waals surface area contributed by atoms with Crippen LogP contribution in [0.4, 0.5) is 0 Å². The number of hydrogen-bond donors (Lipinski definition) is 0. The quantitative estimate of drug-likeness (QED) is 0.659. The lowest BCUT2D eigenvalue weighted by Gasteiger charge is -2.34. The van der Waals surface area contributed by atoms with E-state index < -0.39 is 15.4 Å². The fraction of sp³-hybridized carbons (Fsp3) is 0.900. The lowest BCUT2D eigenvalue weighted by molar-refractivity contribution is -0.145. The van der Waals surface area contributed by atoms with Crippen LogP contribution in [0.1, 0.15) is 19.8 Å². The predicted octanol–water partition coefficient (Wildman–Crippen LogP) is 0.0585. The van der Waals surface area contributed by atoms with Crippen LogP contribution in [-0.4, -0.2) is 57.0 Å². The minimum absolute atomic E-state index is 0.0474. The minimum Gasteiger partial charge on any atom is -0.466 e. The second-order valence-corrected chi connectivity index (χ2v) is 6.63. The first-order valence-corrected chi connectivity index (χ1v) is 7.17. The Bertz CT molecular complexity index is 363. The van der Waals surface area contributed by atoms with E-state index in [1.165, 1.54) is 0 Å². The Kier molecular flexibility index (Phi) is 3.96. The van der Waals surface area contributed by atoms with Crippen molar-refractivity contribution in [3.63, 3.8) is 0 Å². The number of sulfone groups is 1. The van der Waals surface area contributed by atoms with Crippen molar-refractivity contribution in [2.45, 2.75) is 25.3 Å². The van der Waals surface area contributed by atoms with Gasteiger partial charge < -0.3 is 9.64 Å². The average molecular weight is 249 g/mol. The van der Waals surface area contributed by atoms with Crippen LogP contribution in [0.5, 0.6) is 0 Å². The van der Waals surface area contributed by atoms with Crippen molar-refractivity contribution in [1.82, 2.24) is 4.90 Å². The van der Waals surface area contributed by atoms with Gasteiger partial charge >= 0.3 is 5.97 Å². The minimum atomic E-state index is -3.01. The van der Waals surface area contributed by atoms with E-state index in [0.29, 0.717) is 13.0 Å². The zero-order valence-electron chi connectivity index (χ0n) is 10.0. The van der Waals surface area contributed by atoms with Gasteiger partial charge in [0.05, 0.1) is 24.5 Å². The molecule has 1 atom stereocenters. The summed E-state index contributed by atoms with van der Waals surface area (Å²) in [6.45, 7) is 2.07. The van der Waals surface area contributed by atoms with E-state index in [4.69, 9.17) is 4.74 Å². The molecule has 5 nitrogen and oxygen atoms in total. The average Bonchev–Trinajstić information content (AvgIpc) is 2.43. The van der Waals surface area contributed by atoms with Gasteiger partial charge in [-0.15, -0.1) is 0 Å². The van der Waals surface area contributed by atoms with Crippen LogP contribution in [-0.2, 0) is 19.4 Å². The summed E-state index contributed by atoms with van der Waals surface area (Å²) in [6.07, 6.45) is 0.647. The lowest BCUT2D eigenvalue weighted by atomic mass is 9.93. The van der Waals surface area contributed by atoms with E-state index >= 15 is 0 Å². The summed E-state index contributed by atoms with van der Waals surface area (Å²) >= 11 is 0. The molecule has 0 aromatic carbocycles. The van der Waals surface area contributed by atoms with Crippen molar-refractivity contribution < 1.29 is 17.9 Å². The Morgan fingerprint density at radius 1 is 1.44 bits per heavy atom. The highest BCUT2D eigenvalue weighted by molar-refractivity contribution is 7.91. The highest BCUT2D eigenvalue weighted by Crippen LogP contribution is 2.31. The third-order valence-corrected chi connectivity index (χ3v) is 4.90. The van der Waals surface area contributed by atoms with E-state index in [1.807, 2.05) is 4.90 Å². The summed E-state index contributed by atoms with van der Waals surface area (Å²) in [6, 6.07) is 0. The number of hydrogen-bond acceptors (Lipinski definition) is 5. The molecule has 1 fully saturated rings. The van der Waals surface area contributed by atoms with Crippen LogP contribution < -0.4 is 0 Å². The molecule has 0 radical (unpaired) electrons. The van der Waals surface area contributed by atoms with Crippen molar-refractivity contribution in [3.8, 4) is 0 Å². The van der Waals surface area contributed by atoms with Crippen LogP contribution in [0.15, 0.2) is 0 Å². The lowest BCUT2D eigenvalue weighted by Crippen LogP contribution is -2.47. The van der Waals surface area contributed by atoms with E-state index in [9.17, 15) is 13.2 Å². The number of carbonyl (C=O) groups is 1. The molecule has 0 spiro atoms. The van der Waals surface area contributed by atoms with Gasteiger partial charge in [-0.05, 0) is 27.4 Å². The molecule has 0 bridgehead atoms. The summed E-state index contributed by atoms with van der Waals surface area (Å²) in [5.41, 5.74) is -0.578. The first-order valence-electron chi connectivity index (χ1n) is 5.35. The molecule has 1 aliphatic heterocycles. The highest BCUT2D eigenvalue weighted by Gasteiger charge is 2.45. The number of rotatable bonds is 4. The molecular formula is C10H19NO4S. The van der Waals surface area contributed by atoms with Crippen LogP contribution in [0.2, 0.25) is 0 Å². The van der Waals surface area contributed by atoms with Crippen LogP contribution in [0, 0.1) is 0 Å². The Balaban J connectivity index is 2.80. The maximum Gasteiger partial charge on any atom is 0.307 e. The van der Waals surface area contributed by atoms with Crippen molar-refractivity contribution in [3.05, 3.63) is 0 Å². The van der Waals surface area contributed by atoms with Crippen LogP contribution in [0.25, 0.3) is 0 Å². The zero-order valence-corrected chi connectivity index (χ0v) is 10.8. The first kappa shape index (κ1) is 13.4. The molecule has 0 aromatic rings. The Hall–Kier alpha value is -0.620. The van der Waals surface area contributed by atoms with E-state index in [2.05, 4.69) is 0 Å². The molecule has 1 unspecified atom stereocenters. The number of nitrogens with zero attached hydrogens (tertiary/aromatic N) is 1. The predicted molar refractivity (Wildman–Crippen MR) is 60.9 cm³/mol. The number of carbonyl (C=O) groups excluding carboxylic acids is 1. The van der Waals surface area contributed by atoms with Gasteiger partial charge in [-0.1, -0.05) is 0 Å². The molecule has 16 heavy (non-hydrogen) atoms. The third-order valence-electron chi connectivity index (χ3n) is 3.09. The van der Waals surface area contributed by atoms with Gasteiger partial charge in [0.2, 0.25) is 0 Å². The fourth-order valence-electron chi connectivity index (χ4n) is 2.03. The maximum atomic E-state index is 11.5. The van der Waals surface area contributed by atoms with Gasteiger partial charge in [-0.3, -0.25) is 4.79 Å². The molecule has 0 aliphatic carbocycles. The molecule has 1 rings (SSSR count). The Labute approximate surface area is 96.7 Å². The van der Waals surface area contributed by atoms with Crippen LogP contribution >= 0.6 is 0 Å². The van der Waals surface area contributed by atoms with Crippen molar-refractivity contribution in [1.29, 1.82) is 0 Å². The largest absolute Gasteiger partial charge is 0.466 e. The van der Waals surface area contributed by atoms with Gasteiger partial charge in [-0.25, -0.2) is 8.42 Å². The molecule has 0 saturated carbocycles. The molecule has 1 aliphatic rings. The van der Waals surface area contributed by atoms with Gasteiger partial charge in [0.1, 0.15) is 0 Å². The number of esters is 1. The molecule has 94 valence electrons. The molecule has 0 aromatic heterocycles. The Morgan fingerprint density at radius 3 is 2.44 bits per heavy atom. The smallest absolute Gasteiger partial charge is 0.307 e. The summed E-state index contributed by atoms with van der Waals surface area (Å²) in [4.78, 5) is 13.3. The molecule has 0 N–H and O–H groups in total. The Morgan fingerprint density at radius 2 is 2.06 bits per heavy atom. The SMILES string of the molecule is CCOC(=O)CC1(N(C)C)CCS(=O)(=O)C1. The zero-order chi connectivity index (χ0) is 12.4. The normalized spacial score (nSPS) is 28.2. The van der Waals surface area contributed by atoms with E-state index in [1.54, 1.807) is 21.0 Å². The summed E-state index contributed by atoms with van der Waals surface area (Å²) < 4.78 is 27.9. The highest BCUT2D eigenvalue weighted by atomic mass is 32.2. The third kappa shape index (κ3) is 2.95. The molecular weight excluding hydrogens is 230 g/mol. The van der Waals surface area contributed by atoms with Crippen molar-refractivity contribution >= 4 is 15.8 Å². The summed E-state index contributed by atoms with van der Waals surface area (Å²) in [7, 11) is 0.602. The first-order chi connectivity index (χ1) is 7.31. The molecule has 0 amide bonds. The topological polar surface area (TPSA) is 63.7 Å². The monoisotopic (exact) mass is 249 g/mol. The van der Waals surface area contributed by atoms with Gasteiger partial charge in [0.25, 0.3) is 0 Å². The van der Waals surface area contributed by atoms with E-state index in [-0.39, 0.29) is 23.9 Å². The van der Waals surface area contributed by atoms with Gasteiger partial charge in [-0.2, -0.15) is 0 Å². The van der Waals surface area contributed by atoms with Gasteiger partial charge in [0.15, 0.2) is 9.84 Å². The number of ether oxygens (including phenoxy) is 1. The maximum absolute atomic E-state index is 11.5. The second-order valence-electron chi connectivity index (χ2n) is 4.44. The van der Waals surface area contributed by atoms with Gasteiger partial charge in [0, 0.05) is 5.54 Å². The summed E-state index contributed by atoms with van der Waals surface area (Å²) in [5.74, 6) is -0.121. The van der Waals surface area contributed by atoms with Crippen molar-refractivity contribution in [2.24, 2.45) is 0 Å². The summed E-state index contributed by atoms with van der Waals surface area (Å²) in [5, 5.41) is 0. The van der Waals surface area contributed by atoms with Crippen molar-refractivity contribution in [2.75, 3.05) is 32.2 Å². The van der Waals surface area contributed by atoms with Crippen LogP contribution in [0.3, 0.4) is 0 Å². The fourth-order valence-corrected chi connectivity index (χ4v) is 4.19.